The van der Waals surface area contributed by atoms with E-state index in [0.717, 1.165) is 29.7 Å². The molecule has 0 bridgehead atoms. The van der Waals surface area contributed by atoms with Crippen LogP contribution in [0.5, 0.6) is 5.75 Å². The highest BCUT2D eigenvalue weighted by Gasteiger charge is 2.21. The van der Waals surface area contributed by atoms with E-state index in [9.17, 15) is 9.59 Å². The maximum atomic E-state index is 12.4. The molecular weight excluding hydrogens is 342 g/mol. The first-order valence-corrected chi connectivity index (χ1v) is 9.91. The highest BCUT2D eigenvalue weighted by molar-refractivity contribution is 5.82. The highest BCUT2D eigenvalue weighted by atomic mass is 16.5. The Morgan fingerprint density at radius 3 is 2.67 bits per heavy atom. The first-order chi connectivity index (χ1) is 13.0. The van der Waals surface area contributed by atoms with E-state index in [1.54, 1.807) is 13.2 Å². The third-order valence-corrected chi connectivity index (χ3v) is 5.89. The molecule has 146 valence electrons. The maximum Gasteiger partial charge on any atom is 0.339 e. The summed E-state index contributed by atoms with van der Waals surface area (Å²) in [4.78, 5) is 24.7. The Kier molecular flexibility index (Phi) is 6.19. The van der Waals surface area contributed by atoms with Gasteiger partial charge in [-0.2, -0.15) is 0 Å². The van der Waals surface area contributed by atoms with Gasteiger partial charge in [0.15, 0.2) is 0 Å². The standard InChI is InChI=1S/C22H29NO4/c1-4-15-5-7-16(8-6-15)23-21(24)12-11-19-14(2)18-10-9-17(26-3)13-20(18)27-22(19)25/h9-10,13,15-16H,4-8,11-12H2,1-3H3,(H,23,24). The summed E-state index contributed by atoms with van der Waals surface area (Å²) in [5, 5.41) is 4.02. The van der Waals surface area contributed by atoms with Gasteiger partial charge in [-0.1, -0.05) is 13.3 Å². The van der Waals surface area contributed by atoms with Crippen molar-refractivity contribution in [2.75, 3.05) is 7.11 Å². The van der Waals surface area contributed by atoms with Gasteiger partial charge in [-0.05, 0) is 62.6 Å². The van der Waals surface area contributed by atoms with Gasteiger partial charge in [0.25, 0.3) is 0 Å². The fourth-order valence-electron chi connectivity index (χ4n) is 4.04. The second-order valence-electron chi connectivity index (χ2n) is 7.55. The minimum absolute atomic E-state index is 0.0172. The lowest BCUT2D eigenvalue weighted by atomic mass is 9.84. The third-order valence-electron chi connectivity index (χ3n) is 5.89. The number of ether oxygens (including phenoxy) is 1. The van der Waals surface area contributed by atoms with Crippen LogP contribution in [0.3, 0.4) is 0 Å². The van der Waals surface area contributed by atoms with Crippen molar-refractivity contribution in [2.24, 2.45) is 5.92 Å². The predicted octanol–water partition coefficient (Wildman–Crippen LogP) is 4.13. The van der Waals surface area contributed by atoms with E-state index < -0.39 is 0 Å². The van der Waals surface area contributed by atoms with Crippen LogP contribution >= 0.6 is 0 Å². The van der Waals surface area contributed by atoms with Gasteiger partial charge in [0.2, 0.25) is 5.91 Å². The van der Waals surface area contributed by atoms with E-state index in [1.807, 2.05) is 19.1 Å². The number of carbonyl (C=O) groups excluding carboxylic acids is 1. The SMILES string of the molecule is CCC1CCC(NC(=O)CCc2c(C)c3ccc(OC)cc3oc2=O)CC1. The molecule has 2 aromatic rings. The number of aryl methyl sites for hydroxylation is 1. The van der Waals surface area contributed by atoms with Crippen LogP contribution in [0.1, 0.15) is 56.6 Å². The molecule has 0 atom stereocenters. The number of carbonyl (C=O) groups is 1. The molecule has 1 aromatic carbocycles. The molecule has 3 rings (SSSR count). The topological polar surface area (TPSA) is 68.5 Å². The molecule has 27 heavy (non-hydrogen) atoms. The lowest BCUT2D eigenvalue weighted by molar-refractivity contribution is -0.122. The zero-order chi connectivity index (χ0) is 19.4. The largest absolute Gasteiger partial charge is 0.497 e. The van der Waals surface area contributed by atoms with E-state index in [0.29, 0.717) is 29.7 Å². The van der Waals surface area contributed by atoms with Crippen LogP contribution in [0.25, 0.3) is 11.0 Å². The zero-order valence-corrected chi connectivity index (χ0v) is 16.5. The average Bonchev–Trinajstić information content (AvgIpc) is 2.67. The zero-order valence-electron chi connectivity index (χ0n) is 16.5. The van der Waals surface area contributed by atoms with Crippen molar-refractivity contribution in [1.82, 2.24) is 5.32 Å². The van der Waals surface area contributed by atoms with Crippen LogP contribution in [0, 0.1) is 12.8 Å². The highest BCUT2D eigenvalue weighted by Crippen LogP contribution is 2.27. The molecule has 0 unspecified atom stereocenters. The monoisotopic (exact) mass is 371 g/mol. The number of hydrogen-bond donors (Lipinski definition) is 1. The van der Waals surface area contributed by atoms with Gasteiger partial charge < -0.3 is 14.5 Å². The Labute approximate surface area is 160 Å². The van der Waals surface area contributed by atoms with Crippen molar-refractivity contribution in [3.8, 4) is 5.75 Å². The van der Waals surface area contributed by atoms with Crippen molar-refractivity contribution < 1.29 is 13.9 Å². The normalized spacial score (nSPS) is 19.8. The van der Waals surface area contributed by atoms with Gasteiger partial charge in [-0.3, -0.25) is 4.79 Å². The summed E-state index contributed by atoms with van der Waals surface area (Å²) in [5.41, 5.74) is 1.60. The van der Waals surface area contributed by atoms with Gasteiger partial charge in [-0.25, -0.2) is 4.79 Å². The molecule has 1 amide bonds. The van der Waals surface area contributed by atoms with Crippen molar-refractivity contribution in [3.05, 3.63) is 39.7 Å². The summed E-state index contributed by atoms with van der Waals surface area (Å²) in [6.07, 6.45) is 6.43. The predicted molar refractivity (Wildman–Crippen MR) is 106 cm³/mol. The smallest absolute Gasteiger partial charge is 0.339 e. The number of amides is 1. The van der Waals surface area contributed by atoms with Crippen LogP contribution in [0.15, 0.2) is 27.4 Å². The van der Waals surface area contributed by atoms with E-state index in [1.165, 1.54) is 19.3 Å². The van der Waals surface area contributed by atoms with Crippen molar-refractivity contribution in [1.29, 1.82) is 0 Å². The third kappa shape index (κ3) is 4.52. The first-order valence-electron chi connectivity index (χ1n) is 9.91. The lowest BCUT2D eigenvalue weighted by Crippen LogP contribution is -2.37. The van der Waals surface area contributed by atoms with Crippen LogP contribution in [-0.2, 0) is 11.2 Å². The number of hydrogen-bond acceptors (Lipinski definition) is 4. The van der Waals surface area contributed by atoms with Gasteiger partial charge >= 0.3 is 5.63 Å². The summed E-state index contributed by atoms with van der Waals surface area (Å²) in [5.74, 6) is 1.47. The molecule has 0 aliphatic heterocycles. The van der Waals surface area contributed by atoms with Crippen molar-refractivity contribution in [3.63, 3.8) is 0 Å². The summed E-state index contributed by atoms with van der Waals surface area (Å²) in [6.45, 7) is 4.14. The molecule has 1 fully saturated rings. The van der Waals surface area contributed by atoms with Crippen molar-refractivity contribution in [2.45, 2.75) is 64.8 Å². The number of fused-ring (bicyclic) bond motifs is 1. The van der Waals surface area contributed by atoms with Crippen LogP contribution < -0.4 is 15.7 Å². The van der Waals surface area contributed by atoms with Gasteiger partial charge in [0, 0.05) is 29.5 Å². The van der Waals surface area contributed by atoms with Gasteiger partial charge in [-0.15, -0.1) is 0 Å². The van der Waals surface area contributed by atoms with Crippen molar-refractivity contribution >= 4 is 16.9 Å². The van der Waals surface area contributed by atoms with Gasteiger partial charge in [0.1, 0.15) is 11.3 Å². The molecule has 1 aliphatic carbocycles. The Hall–Kier alpha value is -2.30. The molecule has 0 spiro atoms. The van der Waals surface area contributed by atoms with Gasteiger partial charge in [0.05, 0.1) is 7.11 Å². The quantitative estimate of drug-likeness (QED) is 0.775. The van der Waals surface area contributed by atoms with E-state index in [2.05, 4.69) is 12.2 Å². The number of benzene rings is 1. The summed E-state index contributed by atoms with van der Waals surface area (Å²) < 4.78 is 10.6. The molecular formula is C22H29NO4. The van der Waals surface area contributed by atoms with Crippen LogP contribution in [-0.4, -0.2) is 19.1 Å². The molecule has 0 radical (unpaired) electrons. The second-order valence-corrected chi connectivity index (χ2v) is 7.55. The number of methoxy groups -OCH3 is 1. The molecule has 5 nitrogen and oxygen atoms in total. The molecule has 1 heterocycles. The summed E-state index contributed by atoms with van der Waals surface area (Å²) in [7, 11) is 1.58. The van der Waals surface area contributed by atoms with Crippen LogP contribution in [0.2, 0.25) is 0 Å². The van der Waals surface area contributed by atoms with E-state index in [4.69, 9.17) is 9.15 Å². The fraction of sp³-hybridized carbons (Fsp3) is 0.545. The average molecular weight is 371 g/mol. The molecule has 1 N–H and O–H groups in total. The molecule has 1 saturated carbocycles. The molecule has 1 aliphatic rings. The molecule has 5 heteroatoms. The Bertz CT molecular complexity index is 862. The Balaban J connectivity index is 1.64. The minimum atomic E-state index is -0.371. The minimum Gasteiger partial charge on any atom is -0.497 e. The molecule has 1 aromatic heterocycles. The molecule has 0 saturated heterocycles. The van der Waals surface area contributed by atoms with Crippen LogP contribution in [0.4, 0.5) is 0 Å². The van der Waals surface area contributed by atoms with E-state index in [-0.39, 0.29) is 17.6 Å². The Morgan fingerprint density at radius 1 is 1.26 bits per heavy atom. The number of rotatable bonds is 6. The Morgan fingerprint density at radius 2 is 2.00 bits per heavy atom. The number of nitrogens with one attached hydrogen (secondary N) is 1. The first kappa shape index (κ1) is 19.5. The summed E-state index contributed by atoms with van der Waals surface area (Å²) in [6, 6.07) is 5.73. The summed E-state index contributed by atoms with van der Waals surface area (Å²) >= 11 is 0. The second kappa shape index (κ2) is 8.59. The van der Waals surface area contributed by atoms with E-state index >= 15 is 0 Å². The maximum absolute atomic E-state index is 12.4. The lowest BCUT2D eigenvalue weighted by Gasteiger charge is -2.28. The fourth-order valence-corrected chi connectivity index (χ4v) is 4.04.